The molecule has 0 radical (unpaired) electrons. The highest BCUT2D eigenvalue weighted by molar-refractivity contribution is 6.31. The quantitative estimate of drug-likeness (QED) is 0.425. The van der Waals surface area contributed by atoms with Crippen LogP contribution in [0.1, 0.15) is 22.4 Å². The lowest BCUT2D eigenvalue weighted by atomic mass is 10.0. The van der Waals surface area contributed by atoms with E-state index < -0.39 is 0 Å². The first-order valence-electron chi connectivity index (χ1n) is 11.1. The Morgan fingerprint density at radius 2 is 1.89 bits per heavy atom. The van der Waals surface area contributed by atoms with Gasteiger partial charge < -0.3 is 10.2 Å². The van der Waals surface area contributed by atoms with E-state index in [1.54, 1.807) is 41.4 Å². The molecule has 1 aliphatic rings. The zero-order chi connectivity index (χ0) is 25.1. The number of aromatic nitrogens is 3. The van der Waals surface area contributed by atoms with E-state index in [2.05, 4.69) is 26.3 Å². The molecule has 36 heavy (non-hydrogen) atoms. The van der Waals surface area contributed by atoms with Crippen LogP contribution in [0, 0.1) is 22.7 Å². The van der Waals surface area contributed by atoms with Crippen LogP contribution in [0.4, 0.5) is 17.3 Å². The first-order valence-corrected chi connectivity index (χ1v) is 11.5. The van der Waals surface area contributed by atoms with E-state index in [1.165, 1.54) is 6.20 Å². The molecule has 174 valence electrons. The van der Waals surface area contributed by atoms with Crippen molar-refractivity contribution in [1.82, 2.24) is 15.0 Å². The predicted octanol–water partition coefficient (Wildman–Crippen LogP) is 4.81. The third kappa shape index (κ3) is 4.58. The molecule has 0 spiro atoms. The molecule has 2 aromatic carbocycles. The van der Waals surface area contributed by atoms with Crippen molar-refractivity contribution < 1.29 is 4.79 Å². The molecule has 0 aliphatic carbocycles. The third-order valence-corrected chi connectivity index (χ3v) is 6.24. The molecule has 9 heteroatoms. The maximum Gasteiger partial charge on any atom is 0.231 e. The van der Waals surface area contributed by atoms with E-state index in [4.69, 9.17) is 16.9 Å². The second-order valence-corrected chi connectivity index (χ2v) is 8.55. The van der Waals surface area contributed by atoms with Crippen LogP contribution in [0.2, 0.25) is 5.02 Å². The highest BCUT2D eigenvalue weighted by atomic mass is 35.5. The predicted molar refractivity (Wildman–Crippen MR) is 136 cm³/mol. The Labute approximate surface area is 212 Å². The molecule has 8 nitrogen and oxygen atoms in total. The fourth-order valence-electron chi connectivity index (χ4n) is 4.21. The minimum atomic E-state index is -0.103. The third-order valence-electron chi connectivity index (χ3n) is 5.87. The molecule has 1 aliphatic heterocycles. The van der Waals surface area contributed by atoms with Crippen molar-refractivity contribution >= 4 is 34.8 Å². The molecule has 1 amide bonds. The molecule has 0 fully saturated rings. The Balaban J connectivity index is 1.43. The van der Waals surface area contributed by atoms with Crippen molar-refractivity contribution in [3.8, 4) is 23.4 Å². The summed E-state index contributed by atoms with van der Waals surface area (Å²) < 4.78 is 0. The topological polar surface area (TPSA) is 119 Å². The summed E-state index contributed by atoms with van der Waals surface area (Å²) in [6.45, 7) is 0.497. The van der Waals surface area contributed by atoms with Gasteiger partial charge in [-0.05, 0) is 53.9 Å². The molecular formula is C27H18ClN7O. The maximum atomic E-state index is 13.1. The lowest BCUT2D eigenvalue weighted by Gasteiger charge is -2.19. The zero-order valence-electron chi connectivity index (χ0n) is 18.9. The Hall–Kier alpha value is -4.79. The summed E-state index contributed by atoms with van der Waals surface area (Å²) in [5.74, 6) is 0.242. The first kappa shape index (κ1) is 23.0. The van der Waals surface area contributed by atoms with E-state index >= 15 is 0 Å². The number of nitrogens with zero attached hydrogens (tertiary/aromatic N) is 6. The van der Waals surface area contributed by atoms with Gasteiger partial charge in [0.15, 0.2) is 0 Å². The minimum absolute atomic E-state index is 0.103. The molecule has 2 aromatic heterocycles. The summed E-state index contributed by atoms with van der Waals surface area (Å²) in [4.78, 5) is 27.6. The van der Waals surface area contributed by atoms with Crippen LogP contribution in [-0.4, -0.2) is 27.4 Å². The SMILES string of the molecule is N#Cc1cc(Nc2nccc(-c3cc(C#N)c4c(c3)CCN4C(=O)Cc3ccccc3Cl)n2)ccn1. The van der Waals surface area contributed by atoms with E-state index in [0.717, 1.165) is 16.7 Å². The van der Waals surface area contributed by atoms with Gasteiger partial charge in [0.05, 0.1) is 23.4 Å². The maximum absolute atomic E-state index is 13.1. The fourth-order valence-corrected chi connectivity index (χ4v) is 4.41. The number of nitriles is 2. The van der Waals surface area contributed by atoms with Gasteiger partial charge in [0.2, 0.25) is 11.9 Å². The van der Waals surface area contributed by atoms with Crippen LogP contribution < -0.4 is 10.2 Å². The lowest BCUT2D eigenvalue weighted by Crippen LogP contribution is -2.31. The van der Waals surface area contributed by atoms with Gasteiger partial charge in [0.1, 0.15) is 17.8 Å². The standard InChI is InChI=1S/C27H18ClN7O/c28-23-4-2-1-3-17(23)13-25(36)35-10-7-18-11-19(12-20(15-29)26(18)35)24-6-9-32-27(34-24)33-21-5-8-31-22(14-21)16-30/h1-6,8-9,11-12,14H,7,10,13H2,(H,31,32,33,34). The number of hydrogen-bond acceptors (Lipinski definition) is 7. The van der Waals surface area contributed by atoms with Crippen LogP contribution in [0.25, 0.3) is 11.3 Å². The molecule has 3 heterocycles. The average Bonchev–Trinajstić information content (AvgIpc) is 3.34. The summed E-state index contributed by atoms with van der Waals surface area (Å²) in [6, 6.07) is 20.3. The van der Waals surface area contributed by atoms with E-state index in [1.807, 2.05) is 30.3 Å². The van der Waals surface area contributed by atoms with Crippen LogP contribution in [0.15, 0.2) is 67.0 Å². The number of halogens is 1. The number of hydrogen-bond donors (Lipinski definition) is 1. The Morgan fingerprint density at radius 1 is 1.06 bits per heavy atom. The number of pyridine rings is 1. The van der Waals surface area contributed by atoms with Crippen molar-refractivity contribution in [2.24, 2.45) is 0 Å². The normalized spacial score (nSPS) is 11.9. The van der Waals surface area contributed by atoms with Crippen LogP contribution >= 0.6 is 11.6 Å². The van der Waals surface area contributed by atoms with Gasteiger partial charge in [-0.15, -0.1) is 0 Å². The monoisotopic (exact) mass is 491 g/mol. The second kappa shape index (κ2) is 9.83. The van der Waals surface area contributed by atoms with Crippen molar-refractivity contribution in [3.05, 3.63) is 94.4 Å². The molecular weight excluding hydrogens is 474 g/mol. The Bertz CT molecular complexity index is 1570. The fraction of sp³-hybridized carbons (Fsp3) is 0.111. The zero-order valence-corrected chi connectivity index (χ0v) is 19.7. The highest BCUT2D eigenvalue weighted by Crippen LogP contribution is 2.36. The van der Waals surface area contributed by atoms with Crippen molar-refractivity contribution in [2.75, 3.05) is 16.8 Å². The van der Waals surface area contributed by atoms with Crippen molar-refractivity contribution in [1.29, 1.82) is 10.5 Å². The summed E-state index contributed by atoms with van der Waals surface area (Å²) in [5.41, 5.74) is 5.02. The van der Waals surface area contributed by atoms with Gasteiger partial charge in [0.25, 0.3) is 0 Å². The number of rotatable bonds is 5. The number of anilines is 3. The summed E-state index contributed by atoms with van der Waals surface area (Å²) in [7, 11) is 0. The van der Waals surface area contributed by atoms with Crippen LogP contribution in [-0.2, 0) is 17.6 Å². The molecule has 0 unspecified atom stereocenters. The van der Waals surface area contributed by atoms with Gasteiger partial charge >= 0.3 is 0 Å². The molecule has 4 aromatic rings. The average molecular weight is 492 g/mol. The number of carbonyl (C=O) groups excluding carboxylic acids is 1. The molecule has 0 saturated carbocycles. The number of carbonyl (C=O) groups is 1. The van der Waals surface area contributed by atoms with E-state index in [-0.39, 0.29) is 18.0 Å². The second-order valence-electron chi connectivity index (χ2n) is 8.14. The smallest absolute Gasteiger partial charge is 0.231 e. The van der Waals surface area contributed by atoms with Crippen LogP contribution in [0.5, 0.6) is 0 Å². The summed E-state index contributed by atoms with van der Waals surface area (Å²) >= 11 is 6.24. The largest absolute Gasteiger partial charge is 0.324 e. The van der Waals surface area contributed by atoms with Gasteiger partial charge in [-0.2, -0.15) is 10.5 Å². The molecule has 1 N–H and O–H groups in total. The van der Waals surface area contributed by atoms with E-state index in [9.17, 15) is 10.1 Å². The molecule has 0 saturated heterocycles. The van der Waals surface area contributed by atoms with E-state index in [0.29, 0.717) is 46.6 Å². The van der Waals surface area contributed by atoms with Crippen molar-refractivity contribution in [2.45, 2.75) is 12.8 Å². The molecule has 0 bridgehead atoms. The van der Waals surface area contributed by atoms with Gasteiger partial charge in [-0.25, -0.2) is 15.0 Å². The Morgan fingerprint density at radius 3 is 2.69 bits per heavy atom. The molecule has 5 rings (SSSR count). The van der Waals surface area contributed by atoms with Crippen molar-refractivity contribution in [3.63, 3.8) is 0 Å². The summed E-state index contributed by atoms with van der Waals surface area (Å²) in [6.07, 6.45) is 3.95. The Kier molecular flexibility index (Phi) is 6.27. The number of amides is 1. The minimum Gasteiger partial charge on any atom is -0.324 e. The first-order chi connectivity index (χ1) is 17.6. The van der Waals surface area contributed by atoms with Gasteiger partial charge in [-0.3, -0.25) is 4.79 Å². The number of benzene rings is 2. The van der Waals surface area contributed by atoms with Gasteiger partial charge in [0, 0.05) is 35.2 Å². The highest BCUT2D eigenvalue weighted by Gasteiger charge is 2.29. The summed E-state index contributed by atoms with van der Waals surface area (Å²) in [5, 5.41) is 22.6. The number of fused-ring (bicyclic) bond motifs is 1. The number of nitrogens with one attached hydrogen (secondary N) is 1. The lowest BCUT2D eigenvalue weighted by molar-refractivity contribution is -0.117. The van der Waals surface area contributed by atoms with Crippen LogP contribution in [0.3, 0.4) is 0 Å². The van der Waals surface area contributed by atoms with Gasteiger partial charge in [-0.1, -0.05) is 29.8 Å². The molecule has 0 atom stereocenters.